The molecule has 3 aromatic rings. The maximum atomic E-state index is 13.3. The molecule has 6 heteroatoms. The van der Waals surface area contributed by atoms with Crippen LogP contribution in [0.25, 0.3) is 22.2 Å². The SMILES string of the molecule is CCCCn1nc(-c2cc3cc(OC)c(OC)cc3n(CCC)c2=O)cc1C. The summed E-state index contributed by atoms with van der Waals surface area (Å²) in [6.45, 7) is 7.76. The van der Waals surface area contributed by atoms with Crippen molar-refractivity contribution in [2.75, 3.05) is 14.2 Å². The molecule has 0 amide bonds. The van der Waals surface area contributed by atoms with Gasteiger partial charge in [0.2, 0.25) is 0 Å². The molecule has 0 unspecified atom stereocenters. The lowest BCUT2D eigenvalue weighted by atomic mass is 10.1. The van der Waals surface area contributed by atoms with Crippen LogP contribution in [0.5, 0.6) is 11.5 Å². The van der Waals surface area contributed by atoms with Crippen LogP contribution in [0.1, 0.15) is 38.8 Å². The Morgan fingerprint density at radius 1 is 0.964 bits per heavy atom. The number of fused-ring (bicyclic) bond motifs is 1. The minimum Gasteiger partial charge on any atom is -0.493 e. The fourth-order valence-electron chi connectivity index (χ4n) is 3.51. The zero-order chi connectivity index (χ0) is 20.3. The first-order chi connectivity index (χ1) is 13.5. The fraction of sp³-hybridized carbons (Fsp3) is 0.455. The Hall–Kier alpha value is -2.76. The van der Waals surface area contributed by atoms with Gasteiger partial charge in [-0.1, -0.05) is 20.3 Å². The summed E-state index contributed by atoms with van der Waals surface area (Å²) in [6, 6.07) is 7.71. The number of ether oxygens (including phenoxy) is 2. The summed E-state index contributed by atoms with van der Waals surface area (Å²) in [6.07, 6.45) is 3.03. The van der Waals surface area contributed by atoms with Crippen LogP contribution in [0.4, 0.5) is 0 Å². The number of hydrogen-bond acceptors (Lipinski definition) is 4. The van der Waals surface area contributed by atoms with E-state index in [4.69, 9.17) is 14.6 Å². The highest BCUT2D eigenvalue weighted by Crippen LogP contribution is 2.33. The van der Waals surface area contributed by atoms with E-state index in [-0.39, 0.29) is 5.56 Å². The van der Waals surface area contributed by atoms with Crippen LogP contribution < -0.4 is 15.0 Å². The monoisotopic (exact) mass is 383 g/mol. The molecule has 0 saturated carbocycles. The molecule has 0 fully saturated rings. The Labute approximate surface area is 165 Å². The molecule has 0 atom stereocenters. The van der Waals surface area contributed by atoms with Gasteiger partial charge >= 0.3 is 0 Å². The normalized spacial score (nSPS) is 11.2. The molecule has 2 heterocycles. The smallest absolute Gasteiger partial charge is 0.260 e. The first kappa shape index (κ1) is 20.0. The first-order valence-corrected chi connectivity index (χ1v) is 9.88. The number of benzene rings is 1. The van der Waals surface area contributed by atoms with E-state index in [0.29, 0.717) is 23.6 Å². The number of nitrogens with zero attached hydrogens (tertiary/aromatic N) is 3. The van der Waals surface area contributed by atoms with Gasteiger partial charge in [-0.05, 0) is 38.0 Å². The molecule has 3 rings (SSSR count). The van der Waals surface area contributed by atoms with Crippen LogP contribution in [-0.4, -0.2) is 28.6 Å². The fourth-order valence-corrected chi connectivity index (χ4v) is 3.51. The van der Waals surface area contributed by atoms with E-state index in [0.717, 1.165) is 48.1 Å². The highest BCUT2D eigenvalue weighted by molar-refractivity contribution is 5.86. The van der Waals surface area contributed by atoms with Crippen LogP contribution in [0.3, 0.4) is 0 Å². The molecule has 0 aliphatic carbocycles. The van der Waals surface area contributed by atoms with Gasteiger partial charge in [-0.2, -0.15) is 5.10 Å². The van der Waals surface area contributed by atoms with E-state index in [1.54, 1.807) is 14.2 Å². The zero-order valence-electron chi connectivity index (χ0n) is 17.4. The Kier molecular flexibility index (Phi) is 6.07. The number of aromatic nitrogens is 3. The predicted octanol–water partition coefficient (Wildman–Crippen LogP) is 4.40. The average molecular weight is 383 g/mol. The maximum absolute atomic E-state index is 13.3. The van der Waals surface area contributed by atoms with Crippen LogP contribution >= 0.6 is 0 Å². The molecular weight excluding hydrogens is 354 g/mol. The maximum Gasteiger partial charge on any atom is 0.260 e. The van der Waals surface area contributed by atoms with Gasteiger partial charge in [-0.3, -0.25) is 9.48 Å². The summed E-state index contributed by atoms with van der Waals surface area (Å²) in [5.41, 5.74) is 3.22. The topological polar surface area (TPSA) is 58.3 Å². The molecule has 150 valence electrons. The summed E-state index contributed by atoms with van der Waals surface area (Å²) in [5, 5.41) is 5.64. The van der Waals surface area contributed by atoms with Crippen LogP contribution in [0.15, 0.2) is 29.1 Å². The van der Waals surface area contributed by atoms with Gasteiger partial charge < -0.3 is 14.0 Å². The van der Waals surface area contributed by atoms with E-state index in [9.17, 15) is 4.79 Å². The summed E-state index contributed by atoms with van der Waals surface area (Å²) in [7, 11) is 3.22. The molecule has 0 aliphatic rings. The lowest BCUT2D eigenvalue weighted by Crippen LogP contribution is -2.22. The molecule has 1 aromatic carbocycles. The van der Waals surface area contributed by atoms with Crippen LogP contribution in [0.2, 0.25) is 0 Å². The lowest BCUT2D eigenvalue weighted by molar-refractivity contribution is 0.355. The van der Waals surface area contributed by atoms with E-state index in [1.807, 2.05) is 40.4 Å². The van der Waals surface area contributed by atoms with E-state index in [2.05, 4.69) is 13.8 Å². The molecule has 6 nitrogen and oxygen atoms in total. The average Bonchev–Trinajstić information content (AvgIpc) is 3.07. The van der Waals surface area contributed by atoms with Crippen molar-refractivity contribution in [1.29, 1.82) is 0 Å². The van der Waals surface area contributed by atoms with Crippen molar-refractivity contribution in [3.8, 4) is 22.8 Å². The number of pyridine rings is 1. The molecule has 0 N–H and O–H groups in total. The zero-order valence-corrected chi connectivity index (χ0v) is 17.4. The minimum absolute atomic E-state index is 0.0262. The minimum atomic E-state index is -0.0262. The summed E-state index contributed by atoms with van der Waals surface area (Å²) < 4.78 is 14.7. The third-order valence-corrected chi connectivity index (χ3v) is 5.03. The molecule has 0 saturated heterocycles. The van der Waals surface area contributed by atoms with Crippen molar-refractivity contribution in [2.24, 2.45) is 0 Å². The van der Waals surface area contributed by atoms with Gasteiger partial charge in [0.1, 0.15) is 0 Å². The Morgan fingerprint density at radius 2 is 1.68 bits per heavy atom. The second-order valence-electron chi connectivity index (χ2n) is 7.03. The van der Waals surface area contributed by atoms with Crippen molar-refractivity contribution >= 4 is 10.9 Å². The Bertz CT molecular complexity index is 1030. The molecule has 0 aliphatic heterocycles. The van der Waals surface area contributed by atoms with Gasteiger partial charge in [-0.15, -0.1) is 0 Å². The molecule has 2 aromatic heterocycles. The van der Waals surface area contributed by atoms with Gasteiger partial charge in [-0.25, -0.2) is 0 Å². The standard InChI is InChI=1S/C22H29N3O3/c1-6-8-10-25-15(3)11-18(23-25)17-12-16-13-20(27-4)21(28-5)14-19(16)24(9-7-2)22(17)26/h11-14H,6-10H2,1-5H3. The van der Waals surface area contributed by atoms with Gasteiger partial charge in [0.05, 0.1) is 31.0 Å². The number of methoxy groups -OCH3 is 2. The highest BCUT2D eigenvalue weighted by atomic mass is 16.5. The number of rotatable bonds is 8. The second kappa shape index (κ2) is 8.50. The molecule has 0 spiro atoms. The first-order valence-electron chi connectivity index (χ1n) is 9.88. The third kappa shape index (κ3) is 3.63. The summed E-state index contributed by atoms with van der Waals surface area (Å²) in [5.74, 6) is 1.26. The molecule has 28 heavy (non-hydrogen) atoms. The molecule has 0 radical (unpaired) electrons. The van der Waals surface area contributed by atoms with Gasteiger partial charge in [0, 0.05) is 30.2 Å². The van der Waals surface area contributed by atoms with Gasteiger partial charge in [0.15, 0.2) is 11.5 Å². The van der Waals surface area contributed by atoms with Crippen LogP contribution in [-0.2, 0) is 13.1 Å². The Morgan fingerprint density at radius 3 is 2.32 bits per heavy atom. The molecular formula is C22H29N3O3. The van der Waals surface area contributed by atoms with E-state index < -0.39 is 0 Å². The third-order valence-electron chi connectivity index (χ3n) is 5.03. The van der Waals surface area contributed by atoms with Crippen molar-refractivity contribution < 1.29 is 9.47 Å². The van der Waals surface area contributed by atoms with Crippen LogP contribution in [0, 0.1) is 6.92 Å². The Balaban J connectivity index is 2.23. The summed E-state index contributed by atoms with van der Waals surface area (Å²) >= 11 is 0. The van der Waals surface area contributed by atoms with Crippen molar-refractivity contribution in [1.82, 2.24) is 14.3 Å². The second-order valence-corrected chi connectivity index (χ2v) is 7.03. The number of aryl methyl sites for hydroxylation is 3. The van der Waals surface area contributed by atoms with E-state index in [1.165, 1.54) is 0 Å². The quantitative estimate of drug-likeness (QED) is 0.578. The van der Waals surface area contributed by atoms with Gasteiger partial charge in [0.25, 0.3) is 5.56 Å². The van der Waals surface area contributed by atoms with Crippen molar-refractivity contribution in [3.63, 3.8) is 0 Å². The summed E-state index contributed by atoms with van der Waals surface area (Å²) in [4.78, 5) is 13.3. The molecule has 0 bridgehead atoms. The van der Waals surface area contributed by atoms with Crippen molar-refractivity contribution in [2.45, 2.75) is 53.1 Å². The van der Waals surface area contributed by atoms with E-state index >= 15 is 0 Å². The number of hydrogen-bond donors (Lipinski definition) is 0. The van der Waals surface area contributed by atoms with Crippen molar-refractivity contribution in [3.05, 3.63) is 40.3 Å². The highest BCUT2D eigenvalue weighted by Gasteiger charge is 2.17. The largest absolute Gasteiger partial charge is 0.493 e. The lowest BCUT2D eigenvalue weighted by Gasteiger charge is -2.15. The predicted molar refractivity (Wildman–Crippen MR) is 112 cm³/mol. The number of unbranched alkanes of at least 4 members (excludes halogenated alkanes) is 1.